The monoisotopic (exact) mass is 429 g/mol. The Bertz CT molecular complexity index is 774. The van der Waals surface area contributed by atoms with Crippen molar-refractivity contribution in [2.75, 3.05) is 18.5 Å². The second kappa shape index (κ2) is 10.4. The summed E-state index contributed by atoms with van der Waals surface area (Å²) in [7, 11) is 0. The maximum Gasteiger partial charge on any atom is 0.326 e. The Morgan fingerprint density at radius 3 is 2.81 bits per heavy atom. The predicted octanol–water partition coefficient (Wildman–Crippen LogP) is 3.32. The minimum atomic E-state index is -0.982. The molecule has 1 aromatic heterocycles. The number of aromatic nitrogens is 1. The lowest BCUT2D eigenvalue weighted by Gasteiger charge is -2.35. The number of anilines is 1. The number of carbonyl (C=O) groups excluding carboxylic acids is 1. The topological polar surface area (TPSA) is 101 Å². The summed E-state index contributed by atoms with van der Waals surface area (Å²) in [6.07, 6.45) is 10.8. The van der Waals surface area contributed by atoms with E-state index in [9.17, 15) is 14.7 Å². The molecule has 0 radical (unpaired) electrons. The number of nitrogens with zero attached hydrogens (tertiary/aromatic N) is 1. The van der Waals surface area contributed by atoms with E-state index in [1.807, 2.05) is 0 Å². The lowest BCUT2D eigenvalue weighted by Crippen LogP contribution is -2.43. The third kappa shape index (κ3) is 6.19. The standard InChI is InChI=1S/C24H35N3O4/c28-22(15-16-3-1-4-16)27-21(24(29)30)10-12-31-20-13-17(14-20)6-8-19-9-7-18-5-2-11-25-23(18)26-19/h7,9,16-17,20-21H,1-6,8,10-15H2,(H,25,26)(H,27,28)(H,29,30). The first-order valence-electron chi connectivity index (χ1n) is 11.9. The summed E-state index contributed by atoms with van der Waals surface area (Å²) in [6.45, 7) is 1.38. The van der Waals surface area contributed by atoms with Gasteiger partial charge in [0.05, 0.1) is 6.10 Å². The van der Waals surface area contributed by atoms with Crippen LogP contribution in [0.2, 0.25) is 0 Å². The zero-order valence-corrected chi connectivity index (χ0v) is 18.3. The first-order chi connectivity index (χ1) is 15.1. The van der Waals surface area contributed by atoms with Crippen LogP contribution in [-0.4, -0.2) is 47.3 Å². The minimum Gasteiger partial charge on any atom is -0.480 e. The Kier molecular flexibility index (Phi) is 7.43. The van der Waals surface area contributed by atoms with Gasteiger partial charge in [0, 0.05) is 31.7 Å². The van der Waals surface area contributed by atoms with E-state index in [1.54, 1.807) is 0 Å². The van der Waals surface area contributed by atoms with Gasteiger partial charge in [0.25, 0.3) is 0 Å². The van der Waals surface area contributed by atoms with E-state index in [-0.39, 0.29) is 12.0 Å². The van der Waals surface area contributed by atoms with Crippen molar-refractivity contribution in [1.29, 1.82) is 0 Å². The third-order valence-corrected chi connectivity index (χ3v) is 7.05. The number of amides is 1. The lowest BCUT2D eigenvalue weighted by molar-refractivity contribution is -0.143. The number of hydrogen-bond donors (Lipinski definition) is 3. The Morgan fingerprint density at radius 2 is 2.06 bits per heavy atom. The number of hydrogen-bond acceptors (Lipinski definition) is 5. The molecule has 2 saturated carbocycles. The van der Waals surface area contributed by atoms with Crippen molar-refractivity contribution < 1.29 is 19.4 Å². The molecule has 2 aliphatic carbocycles. The highest BCUT2D eigenvalue weighted by molar-refractivity contribution is 5.83. The van der Waals surface area contributed by atoms with E-state index in [2.05, 4.69) is 22.8 Å². The van der Waals surface area contributed by atoms with Crippen molar-refractivity contribution in [3.63, 3.8) is 0 Å². The largest absolute Gasteiger partial charge is 0.480 e. The molecule has 1 aliphatic heterocycles. The normalized spacial score (nSPS) is 23.6. The number of aryl methyl sites for hydroxylation is 2. The van der Waals surface area contributed by atoms with Crippen molar-refractivity contribution in [3.8, 4) is 0 Å². The summed E-state index contributed by atoms with van der Waals surface area (Å²) in [5, 5.41) is 15.4. The van der Waals surface area contributed by atoms with E-state index in [0.29, 0.717) is 31.3 Å². The van der Waals surface area contributed by atoms with Gasteiger partial charge in [-0.3, -0.25) is 4.79 Å². The van der Waals surface area contributed by atoms with Crippen LogP contribution in [0.5, 0.6) is 0 Å². The molecule has 0 spiro atoms. The van der Waals surface area contributed by atoms with Crippen LogP contribution in [-0.2, 0) is 27.2 Å². The molecule has 2 heterocycles. The molecule has 1 aromatic rings. The molecule has 1 unspecified atom stereocenters. The van der Waals surface area contributed by atoms with E-state index in [0.717, 1.165) is 63.0 Å². The maximum absolute atomic E-state index is 12.0. The van der Waals surface area contributed by atoms with Crippen LogP contribution in [0, 0.1) is 11.8 Å². The highest BCUT2D eigenvalue weighted by atomic mass is 16.5. The third-order valence-electron chi connectivity index (χ3n) is 7.05. The fourth-order valence-electron chi connectivity index (χ4n) is 4.73. The lowest BCUT2D eigenvalue weighted by atomic mass is 9.79. The van der Waals surface area contributed by atoms with Gasteiger partial charge < -0.3 is 20.5 Å². The summed E-state index contributed by atoms with van der Waals surface area (Å²) in [4.78, 5) is 28.2. The van der Waals surface area contributed by atoms with Gasteiger partial charge in [-0.2, -0.15) is 0 Å². The fraction of sp³-hybridized carbons (Fsp3) is 0.708. The van der Waals surface area contributed by atoms with E-state index in [1.165, 1.54) is 18.4 Å². The molecule has 1 atom stereocenters. The van der Waals surface area contributed by atoms with Gasteiger partial charge in [-0.15, -0.1) is 0 Å². The molecule has 3 aliphatic rings. The van der Waals surface area contributed by atoms with E-state index < -0.39 is 12.0 Å². The van der Waals surface area contributed by atoms with Gasteiger partial charge in [0.15, 0.2) is 0 Å². The molecule has 31 heavy (non-hydrogen) atoms. The predicted molar refractivity (Wildman–Crippen MR) is 118 cm³/mol. The molecule has 2 fully saturated rings. The van der Waals surface area contributed by atoms with Gasteiger partial charge in [0.1, 0.15) is 11.9 Å². The minimum absolute atomic E-state index is 0.146. The van der Waals surface area contributed by atoms with Crippen molar-refractivity contribution in [2.24, 2.45) is 11.8 Å². The average molecular weight is 430 g/mol. The van der Waals surface area contributed by atoms with Crippen molar-refractivity contribution in [2.45, 2.75) is 82.8 Å². The number of aliphatic carboxylic acids is 1. The molecular weight excluding hydrogens is 394 g/mol. The fourth-order valence-corrected chi connectivity index (χ4v) is 4.73. The highest BCUT2D eigenvalue weighted by Gasteiger charge is 2.30. The van der Waals surface area contributed by atoms with E-state index in [4.69, 9.17) is 9.72 Å². The highest BCUT2D eigenvalue weighted by Crippen LogP contribution is 2.34. The van der Waals surface area contributed by atoms with Gasteiger partial charge in [0.2, 0.25) is 5.91 Å². The summed E-state index contributed by atoms with van der Waals surface area (Å²) < 4.78 is 5.87. The summed E-state index contributed by atoms with van der Waals surface area (Å²) in [6, 6.07) is 3.51. The maximum atomic E-state index is 12.0. The van der Waals surface area contributed by atoms with Crippen LogP contribution in [0.15, 0.2) is 12.1 Å². The average Bonchev–Trinajstić information content (AvgIpc) is 2.70. The molecule has 7 nitrogen and oxygen atoms in total. The number of carbonyl (C=O) groups is 2. The van der Waals surface area contributed by atoms with Crippen molar-refractivity contribution >= 4 is 17.7 Å². The number of rotatable bonds is 11. The second-order valence-electron chi connectivity index (χ2n) is 9.46. The van der Waals surface area contributed by atoms with Crippen LogP contribution in [0.1, 0.15) is 69.0 Å². The molecule has 7 heteroatoms. The van der Waals surface area contributed by atoms with Crippen molar-refractivity contribution in [3.05, 3.63) is 23.4 Å². The molecular formula is C24H35N3O4. The number of pyridine rings is 1. The quantitative estimate of drug-likeness (QED) is 0.499. The van der Waals surface area contributed by atoms with Crippen molar-refractivity contribution in [1.82, 2.24) is 10.3 Å². The van der Waals surface area contributed by atoms with Gasteiger partial charge in [-0.05, 0) is 74.8 Å². The molecule has 4 rings (SSSR count). The molecule has 0 bridgehead atoms. The van der Waals surface area contributed by atoms with Crippen LogP contribution in [0.3, 0.4) is 0 Å². The Hall–Kier alpha value is -2.15. The molecule has 3 N–H and O–H groups in total. The number of carboxylic acids is 1. The Morgan fingerprint density at radius 1 is 1.23 bits per heavy atom. The SMILES string of the molecule is O=C(CC1CCC1)NC(CCOC1CC(CCc2ccc3c(n2)NCCC3)C1)C(=O)O. The van der Waals surface area contributed by atoms with Crippen LogP contribution in [0.4, 0.5) is 5.82 Å². The second-order valence-corrected chi connectivity index (χ2v) is 9.46. The molecule has 0 saturated heterocycles. The van der Waals surface area contributed by atoms with Crippen LogP contribution >= 0.6 is 0 Å². The Labute approximate surface area is 184 Å². The number of ether oxygens (including phenoxy) is 1. The van der Waals surface area contributed by atoms with E-state index >= 15 is 0 Å². The number of nitrogens with one attached hydrogen (secondary N) is 2. The Balaban J connectivity index is 1.10. The van der Waals surface area contributed by atoms with Gasteiger partial charge >= 0.3 is 5.97 Å². The van der Waals surface area contributed by atoms with Crippen LogP contribution < -0.4 is 10.6 Å². The first kappa shape index (κ1) is 22.1. The number of fused-ring (bicyclic) bond motifs is 1. The van der Waals surface area contributed by atoms with Gasteiger partial charge in [-0.25, -0.2) is 9.78 Å². The molecule has 170 valence electrons. The molecule has 0 aromatic carbocycles. The van der Waals surface area contributed by atoms with Gasteiger partial charge in [-0.1, -0.05) is 12.5 Å². The zero-order valence-electron chi connectivity index (χ0n) is 18.3. The number of carboxylic acid groups (broad SMARTS) is 1. The summed E-state index contributed by atoms with van der Waals surface area (Å²) in [5.74, 6) is 1.01. The summed E-state index contributed by atoms with van der Waals surface area (Å²) in [5.41, 5.74) is 2.48. The summed E-state index contributed by atoms with van der Waals surface area (Å²) >= 11 is 0. The smallest absolute Gasteiger partial charge is 0.326 e. The zero-order chi connectivity index (χ0) is 21.6. The molecule has 1 amide bonds. The van der Waals surface area contributed by atoms with Crippen LogP contribution in [0.25, 0.3) is 0 Å². The first-order valence-corrected chi connectivity index (χ1v) is 11.9.